The van der Waals surface area contributed by atoms with E-state index in [0.29, 0.717) is 53.0 Å². The van der Waals surface area contributed by atoms with Gasteiger partial charge in [0.15, 0.2) is 0 Å². The molecule has 3 aromatic rings. The molecular formula is C20H22Cl3N9O2. The van der Waals surface area contributed by atoms with Gasteiger partial charge < -0.3 is 27.0 Å². The molecular weight excluding hydrogens is 505 g/mol. The van der Waals surface area contributed by atoms with E-state index in [1.165, 1.54) is 12.1 Å². The van der Waals surface area contributed by atoms with E-state index in [4.69, 9.17) is 28.9 Å². The van der Waals surface area contributed by atoms with Crippen molar-refractivity contribution >= 4 is 70.4 Å². The van der Waals surface area contributed by atoms with Gasteiger partial charge in [0.2, 0.25) is 11.8 Å². The zero-order valence-electron chi connectivity index (χ0n) is 17.8. The Morgan fingerprint density at radius 1 is 1.12 bits per heavy atom. The molecule has 14 heteroatoms. The van der Waals surface area contributed by atoms with E-state index in [-0.39, 0.29) is 23.9 Å². The van der Waals surface area contributed by atoms with Crippen molar-refractivity contribution < 1.29 is 4.92 Å². The van der Waals surface area contributed by atoms with E-state index in [2.05, 4.69) is 36.2 Å². The van der Waals surface area contributed by atoms with Crippen LogP contribution in [0.15, 0.2) is 30.3 Å². The van der Waals surface area contributed by atoms with Gasteiger partial charge in [0.25, 0.3) is 0 Å². The predicted molar refractivity (Wildman–Crippen MR) is 137 cm³/mol. The van der Waals surface area contributed by atoms with Crippen LogP contribution in [0.1, 0.15) is 11.3 Å². The third-order valence-electron chi connectivity index (χ3n) is 4.93. The number of nitrogen functional groups attached to an aromatic ring is 1. The summed E-state index contributed by atoms with van der Waals surface area (Å²) in [6.07, 6.45) is 0.778. The van der Waals surface area contributed by atoms with Gasteiger partial charge in [-0.05, 0) is 24.3 Å². The Bertz CT molecular complexity index is 1200. The lowest BCUT2D eigenvalue weighted by molar-refractivity contribution is -0.384. The number of fused-ring (bicyclic) bond motifs is 1. The molecule has 0 aliphatic carbocycles. The highest BCUT2D eigenvalue weighted by atomic mass is 35.5. The first kappa shape index (κ1) is 25.5. The van der Waals surface area contributed by atoms with Crippen LogP contribution in [0.25, 0.3) is 0 Å². The Labute approximate surface area is 211 Å². The molecule has 0 radical (unpaired) electrons. The quantitative estimate of drug-likeness (QED) is 0.165. The van der Waals surface area contributed by atoms with Crippen LogP contribution in [0.3, 0.4) is 0 Å². The second kappa shape index (κ2) is 11.3. The fourth-order valence-corrected chi connectivity index (χ4v) is 3.78. The van der Waals surface area contributed by atoms with Crippen LogP contribution in [0.5, 0.6) is 0 Å². The maximum Gasteiger partial charge on any atom is 0.311 e. The monoisotopic (exact) mass is 525 g/mol. The second-order valence-corrected chi connectivity index (χ2v) is 8.05. The van der Waals surface area contributed by atoms with Gasteiger partial charge in [0.1, 0.15) is 11.6 Å². The Morgan fingerprint density at radius 2 is 1.91 bits per heavy atom. The summed E-state index contributed by atoms with van der Waals surface area (Å²) in [6, 6.07) is 8.05. The van der Waals surface area contributed by atoms with Crippen molar-refractivity contribution in [3.8, 4) is 0 Å². The molecule has 0 saturated carbocycles. The lowest BCUT2D eigenvalue weighted by Gasteiger charge is -2.21. The van der Waals surface area contributed by atoms with Gasteiger partial charge in [-0.3, -0.25) is 10.1 Å². The summed E-state index contributed by atoms with van der Waals surface area (Å²) in [5.41, 5.74) is 8.04. The van der Waals surface area contributed by atoms with E-state index >= 15 is 0 Å². The minimum atomic E-state index is -0.570. The number of nitrogens with zero attached hydrogens (tertiary/aromatic N) is 4. The highest BCUT2D eigenvalue weighted by Crippen LogP contribution is 2.31. The van der Waals surface area contributed by atoms with Gasteiger partial charge >= 0.3 is 5.69 Å². The lowest BCUT2D eigenvalue weighted by Crippen LogP contribution is -2.27. The van der Waals surface area contributed by atoms with Gasteiger partial charge in [0.05, 0.1) is 21.3 Å². The molecule has 0 unspecified atom stereocenters. The molecule has 1 aliphatic heterocycles. The zero-order chi connectivity index (χ0) is 23.4. The fourth-order valence-electron chi connectivity index (χ4n) is 3.33. The number of halogens is 3. The average molecular weight is 527 g/mol. The first-order valence-corrected chi connectivity index (χ1v) is 10.9. The third-order valence-corrected chi connectivity index (χ3v) is 5.48. The summed E-state index contributed by atoms with van der Waals surface area (Å²) in [5, 5.41) is 24.8. The molecule has 4 rings (SSSR count). The number of rotatable bonds is 8. The highest BCUT2D eigenvalue weighted by Gasteiger charge is 2.18. The number of nitrogens with two attached hydrogens (primary N) is 1. The minimum absolute atomic E-state index is 0. The Hall–Kier alpha value is -3.12. The molecule has 180 valence electrons. The highest BCUT2D eigenvalue weighted by molar-refractivity contribution is 6.36. The Morgan fingerprint density at radius 3 is 2.65 bits per heavy atom. The molecule has 0 bridgehead atoms. The Kier molecular flexibility index (Phi) is 8.51. The van der Waals surface area contributed by atoms with Crippen molar-refractivity contribution in [2.45, 2.75) is 13.0 Å². The fraction of sp³-hybridized carbons (Fsp3) is 0.250. The van der Waals surface area contributed by atoms with E-state index in [0.717, 1.165) is 24.2 Å². The molecule has 3 heterocycles. The van der Waals surface area contributed by atoms with Crippen molar-refractivity contribution in [2.24, 2.45) is 0 Å². The number of nitrogens with one attached hydrogen (secondary N) is 4. The summed E-state index contributed by atoms with van der Waals surface area (Å²) >= 11 is 12.3. The maximum absolute atomic E-state index is 10.8. The number of hydrogen-bond donors (Lipinski definition) is 5. The van der Waals surface area contributed by atoms with E-state index in [1.54, 1.807) is 18.2 Å². The van der Waals surface area contributed by atoms with E-state index in [1.807, 2.05) is 0 Å². The molecule has 0 spiro atoms. The van der Waals surface area contributed by atoms with Crippen molar-refractivity contribution in [3.05, 3.63) is 61.7 Å². The van der Waals surface area contributed by atoms with Crippen molar-refractivity contribution in [1.29, 1.82) is 0 Å². The summed E-state index contributed by atoms with van der Waals surface area (Å²) in [7, 11) is 0. The minimum Gasteiger partial charge on any atom is -0.378 e. The average Bonchev–Trinajstić information content (AvgIpc) is 2.78. The van der Waals surface area contributed by atoms with Crippen LogP contribution >= 0.6 is 35.6 Å². The van der Waals surface area contributed by atoms with Gasteiger partial charge in [0, 0.05) is 49.3 Å². The molecule has 1 aliphatic rings. The summed E-state index contributed by atoms with van der Waals surface area (Å²) < 4.78 is 0. The normalized spacial score (nSPS) is 12.3. The number of pyridine rings is 1. The topological polar surface area (TPSA) is 156 Å². The van der Waals surface area contributed by atoms with Gasteiger partial charge in [-0.2, -0.15) is 4.98 Å². The molecule has 34 heavy (non-hydrogen) atoms. The molecule has 0 atom stereocenters. The van der Waals surface area contributed by atoms with Crippen LogP contribution < -0.4 is 27.0 Å². The molecule has 0 amide bonds. The van der Waals surface area contributed by atoms with E-state index < -0.39 is 4.92 Å². The van der Waals surface area contributed by atoms with Crippen molar-refractivity contribution in [1.82, 2.24) is 20.3 Å². The third kappa shape index (κ3) is 6.06. The van der Waals surface area contributed by atoms with Crippen LogP contribution in [0.2, 0.25) is 10.0 Å². The molecule has 0 saturated heterocycles. The van der Waals surface area contributed by atoms with Gasteiger partial charge in [-0.15, -0.1) is 12.4 Å². The number of anilines is 5. The summed E-state index contributed by atoms with van der Waals surface area (Å²) in [5.74, 6) is 1.44. The second-order valence-electron chi connectivity index (χ2n) is 7.21. The zero-order valence-corrected chi connectivity index (χ0v) is 20.1. The number of benzene rings is 1. The maximum atomic E-state index is 10.8. The van der Waals surface area contributed by atoms with Crippen LogP contribution in [0.4, 0.5) is 34.8 Å². The van der Waals surface area contributed by atoms with Crippen LogP contribution in [-0.2, 0) is 13.0 Å². The van der Waals surface area contributed by atoms with Crippen molar-refractivity contribution in [3.63, 3.8) is 0 Å². The molecule has 0 fully saturated rings. The number of hydrogen-bond acceptors (Lipinski definition) is 10. The van der Waals surface area contributed by atoms with Crippen molar-refractivity contribution in [2.75, 3.05) is 41.3 Å². The lowest BCUT2D eigenvalue weighted by atomic mass is 10.1. The number of nitro groups is 1. The predicted octanol–water partition coefficient (Wildman–Crippen LogP) is 4.00. The largest absolute Gasteiger partial charge is 0.378 e. The molecule has 6 N–H and O–H groups in total. The first-order valence-electron chi connectivity index (χ1n) is 10.1. The van der Waals surface area contributed by atoms with Crippen LogP contribution in [-0.4, -0.2) is 39.5 Å². The summed E-state index contributed by atoms with van der Waals surface area (Å²) in [6.45, 7) is 2.44. The van der Waals surface area contributed by atoms with Crippen LogP contribution in [0, 0.1) is 10.1 Å². The SMILES string of the molecule is Cl.Nc1nc(NCCNc2nc3c(c(Nc4ccc(Cl)cc4Cl)n2)CNCC3)ccc1[N+](=O)[O-]. The Balaban J connectivity index is 0.00000324. The molecule has 2 aromatic heterocycles. The van der Waals surface area contributed by atoms with Gasteiger partial charge in [-0.25, -0.2) is 9.97 Å². The first-order chi connectivity index (χ1) is 15.9. The summed E-state index contributed by atoms with van der Waals surface area (Å²) in [4.78, 5) is 23.6. The van der Waals surface area contributed by atoms with E-state index in [9.17, 15) is 10.1 Å². The molecule has 1 aromatic carbocycles. The smallest absolute Gasteiger partial charge is 0.311 e. The standard InChI is InChI=1S/C20H21Cl2N9O2.ClH/c21-11-1-2-15(13(22)9-11)27-19-12-10-24-6-5-14(12)28-20(30-19)26-8-7-25-17-4-3-16(31(32)33)18(23)29-17;/h1-4,9,24H,5-8,10H2,(H3,23,25,29)(H2,26,27,28,30);1H. The number of aromatic nitrogens is 3. The van der Waals surface area contributed by atoms with Gasteiger partial charge in [-0.1, -0.05) is 23.2 Å². The molecule has 11 nitrogen and oxygen atoms in total.